The number of methoxy groups -OCH3 is 1. The summed E-state index contributed by atoms with van der Waals surface area (Å²) in [4.78, 5) is 28.7. The smallest absolute Gasteiger partial charge is 0.260 e. The van der Waals surface area contributed by atoms with E-state index >= 15 is 0 Å². The fourth-order valence-corrected chi connectivity index (χ4v) is 8.83. The van der Waals surface area contributed by atoms with Crippen molar-refractivity contribution in [3.63, 3.8) is 0 Å². The molecule has 44 heavy (non-hydrogen) atoms. The van der Waals surface area contributed by atoms with E-state index in [2.05, 4.69) is 71.3 Å². The van der Waals surface area contributed by atoms with Gasteiger partial charge in [-0.3, -0.25) is 9.59 Å². The minimum absolute atomic E-state index is 0.0908. The Morgan fingerprint density at radius 3 is 2.70 bits per heavy atom. The number of ether oxygens (including phenoxy) is 2. The van der Waals surface area contributed by atoms with Crippen LogP contribution >= 0.6 is 22.3 Å². The highest BCUT2D eigenvalue weighted by atomic mass is 35.5. The molecule has 0 saturated heterocycles. The molecule has 1 amide bonds. The monoisotopic (exact) mass is 638 g/mol. The van der Waals surface area contributed by atoms with Crippen molar-refractivity contribution >= 4 is 46.0 Å². The number of anilines is 1. The minimum Gasteiger partial charge on any atom is -0.490 e. The van der Waals surface area contributed by atoms with Gasteiger partial charge >= 0.3 is 0 Å². The van der Waals surface area contributed by atoms with Gasteiger partial charge in [0.1, 0.15) is 11.4 Å². The SMILES string of the molecule is C=S1NC(=O)c2ccc3c(c2)N(CC2CCC2[C@](C=O)(OC)/C=C/CC(C)C1C)C[C@@]1(CCCc2ccccc21)CO3.CCl. The zero-order chi connectivity index (χ0) is 31.5. The molecule has 1 saturated carbocycles. The number of hydrogen-bond acceptors (Lipinski definition) is 5. The highest BCUT2D eigenvalue weighted by Crippen LogP contribution is 2.48. The molecule has 2 aliphatic heterocycles. The Morgan fingerprint density at radius 2 is 1.98 bits per heavy atom. The summed E-state index contributed by atoms with van der Waals surface area (Å²) in [5, 5.41) is 0.169. The number of alkyl halides is 1. The summed E-state index contributed by atoms with van der Waals surface area (Å²) in [6.45, 7) is 6.49. The molecule has 1 N–H and O–H groups in total. The summed E-state index contributed by atoms with van der Waals surface area (Å²) >= 11 is 4.64. The lowest BCUT2D eigenvalue weighted by Crippen LogP contribution is -2.53. The Bertz CT molecular complexity index is 1410. The van der Waals surface area contributed by atoms with Gasteiger partial charge < -0.3 is 19.1 Å². The number of aldehydes is 1. The van der Waals surface area contributed by atoms with E-state index in [9.17, 15) is 9.59 Å². The second kappa shape index (κ2) is 13.8. The molecule has 238 valence electrons. The maximum Gasteiger partial charge on any atom is 0.260 e. The molecule has 5 unspecified atom stereocenters. The third-order valence-electron chi connectivity index (χ3n) is 10.6. The van der Waals surface area contributed by atoms with Gasteiger partial charge in [0, 0.05) is 48.7 Å². The number of hydrogen-bond donors (Lipinski definition) is 1. The van der Waals surface area contributed by atoms with Crippen molar-refractivity contribution < 1.29 is 19.1 Å². The van der Waals surface area contributed by atoms with E-state index in [1.807, 2.05) is 24.3 Å². The fraction of sp³-hybridized carbons (Fsp3) is 0.528. The van der Waals surface area contributed by atoms with Crippen LogP contribution in [0, 0.1) is 17.8 Å². The minimum atomic E-state index is -0.939. The van der Waals surface area contributed by atoms with Crippen LogP contribution in [0.4, 0.5) is 5.69 Å². The molecule has 6 nitrogen and oxygen atoms in total. The third-order valence-corrected chi connectivity index (χ3v) is 12.4. The summed E-state index contributed by atoms with van der Waals surface area (Å²) in [5.41, 5.74) is 3.28. The topological polar surface area (TPSA) is 67.9 Å². The number of carbonyl (C=O) groups excluding carboxylic acids is 2. The molecule has 7 atom stereocenters. The van der Waals surface area contributed by atoms with Crippen LogP contribution in [0.3, 0.4) is 0 Å². The van der Waals surface area contributed by atoms with Crippen molar-refractivity contribution in [3.05, 3.63) is 71.3 Å². The second-order valence-electron chi connectivity index (χ2n) is 12.9. The van der Waals surface area contributed by atoms with E-state index in [1.54, 1.807) is 7.11 Å². The standard InChI is InChI=1S/C35H44N2O4S.CH3Cl/c1-24-9-7-18-35(22-38,40-3)30-15-13-28(30)20-37-21-34(17-8-11-26-10-5-6-12-29(26)34)23-41-32-16-14-27(19-31(32)37)33(39)36-42(4)25(24)2;1-2/h5-7,10,12,14,16,18-19,22,24-25,28,30H,4,8-9,11,13,15,17,20-21,23H2,1-3H3,(H,36,39);1H3/b18-7+;/t24?,25?,28?,30?,34-,35-,42?;/m0./s1. The zero-order valence-electron chi connectivity index (χ0n) is 26.5. The van der Waals surface area contributed by atoms with Crippen LogP contribution in [0.25, 0.3) is 0 Å². The van der Waals surface area contributed by atoms with Crippen LogP contribution in [-0.2, 0) is 21.4 Å². The van der Waals surface area contributed by atoms with Gasteiger partial charge in [0.25, 0.3) is 5.91 Å². The number of fused-ring (bicyclic) bond motifs is 4. The van der Waals surface area contributed by atoms with Crippen molar-refractivity contribution in [1.82, 2.24) is 4.72 Å². The molecule has 4 aliphatic rings. The summed E-state index contributed by atoms with van der Waals surface area (Å²) < 4.78 is 15.9. The predicted molar refractivity (Wildman–Crippen MR) is 184 cm³/mol. The average Bonchev–Trinajstić information content (AvgIpc) is 3.19. The van der Waals surface area contributed by atoms with Gasteiger partial charge in [-0.1, -0.05) is 60.7 Å². The molecule has 2 heterocycles. The number of amides is 1. The third kappa shape index (κ3) is 6.12. The van der Waals surface area contributed by atoms with Gasteiger partial charge in [0.05, 0.1) is 12.3 Å². The van der Waals surface area contributed by atoms with Gasteiger partial charge in [-0.25, -0.2) is 0 Å². The highest BCUT2D eigenvalue weighted by Gasteiger charge is 2.49. The van der Waals surface area contributed by atoms with Gasteiger partial charge in [0.15, 0.2) is 6.29 Å². The van der Waals surface area contributed by atoms with E-state index in [-0.39, 0.29) is 34.3 Å². The van der Waals surface area contributed by atoms with Crippen molar-refractivity contribution in [2.45, 2.75) is 68.6 Å². The Morgan fingerprint density at radius 1 is 1.18 bits per heavy atom. The van der Waals surface area contributed by atoms with Gasteiger partial charge in [-0.15, -0.1) is 11.6 Å². The molecule has 2 aromatic rings. The van der Waals surface area contributed by atoms with E-state index in [0.717, 1.165) is 69.3 Å². The molecule has 1 spiro atoms. The molecule has 0 aromatic heterocycles. The fourth-order valence-electron chi connectivity index (χ4n) is 7.62. The number of carbonyl (C=O) groups is 2. The predicted octanol–water partition coefficient (Wildman–Crippen LogP) is 6.96. The number of benzene rings is 2. The zero-order valence-corrected chi connectivity index (χ0v) is 28.1. The number of halogens is 1. The number of rotatable bonds is 2. The van der Waals surface area contributed by atoms with Crippen LogP contribution < -0.4 is 14.4 Å². The van der Waals surface area contributed by atoms with Crippen LogP contribution in [-0.4, -0.2) is 62.1 Å². The van der Waals surface area contributed by atoms with Gasteiger partial charge in [-0.05, 0) is 85.8 Å². The number of nitrogens with zero attached hydrogens (tertiary/aromatic N) is 1. The summed E-state index contributed by atoms with van der Waals surface area (Å²) in [6.07, 6.45) is 12.6. The molecule has 8 heteroatoms. The van der Waals surface area contributed by atoms with Crippen molar-refractivity contribution in [2.24, 2.45) is 17.8 Å². The Kier molecular flexibility index (Phi) is 10.3. The van der Waals surface area contributed by atoms with Crippen molar-refractivity contribution in [2.75, 3.05) is 38.1 Å². The Balaban J connectivity index is 0.00000188. The molecular formula is C36H47ClN2O4S. The van der Waals surface area contributed by atoms with Gasteiger partial charge in [-0.2, -0.15) is 0 Å². The lowest BCUT2D eigenvalue weighted by Gasteiger charge is -2.48. The van der Waals surface area contributed by atoms with E-state index in [1.165, 1.54) is 17.5 Å². The Labute approximate surface area is 270 Å². The Hall–Kier alpha value is -2.61. The normalized spacial score (nSPS) is 34.0. The van der Waals surface area contributed by atoms with E-state index in [4.69, 9.17) is 9.47 Å². The lowest BCUT2D eigenvalue weighted by atomic mass is 9.64. The number of allylic oxidation sites excluding steroid dienone is 1. The van der Waals surface area contributed by atoms with Crippen LogP contribution in [0.2, 0.25) is 0 Å². The van der Waals surface area contributed by atoms with Crippen LogP contribution in [0.15, 0.2) is 54.6 Å². The first-order valence-corrected chi connectivity index (χ1v) is 18.0. The quantitative estimate of drug-likeness (QED) is 0.167. The van der Waals surface area contributed by atoms with Gasteiger partial charge in [0.2, 0.25) is 0 Å². The van der Waals surface area contributed by atoms with Crippen LogP contribution in [0.1, 0.15) is 67.4 Å². The summed E-state index contributed by atoms with van der Waals surface area (Å²) in [5.74, 6) is 5.68. The summed E-state index contributed by atoms with van der Waals surface area (Å²) in [6, 6.07) is 14.7. The maximum absolute atomic E-state index is 13.5. The average molecular weight is 639 g/mol. The number of aryl methyl sites for hydroxylation is 1. The first kappa shape index (κ1) is 32.8. The summed E-state index contributed by atoms with van der Waals surface area (Å²) in [7, 11) is 1.09. The van der Waals surface area contributed by atoms with Crippen LogP contribution in [0.5, 0.6) is 5.75 Å². The molecule has 1 fully saturated rings. The molecular weight excluding hydrogens is 592 g/mol. The largest absolute Gasteiger partial charge is 0.490 e. The maximum atomic E-state index is 13.5. The van der Waals surface area contributed by atoms with Crippen molar-refractivity contribution in [3.8, 4) is 5.75 Å². The first-order chi connectivity index (χ1) is 21.3. The highest BCUT2D eigenvalue weighted by molar-refractivity contribution is 8.13. The molecule has 6 rings (SSSR count). The molecule has 2 aliphatic carbocycles. The molecule has 0 radical (unpaired) electrons. The van der Waals surface area contributed by atoms with Crippen molar-refractivity contribution in [1.29, 1.82) is 0 Å². The van der Waals surface area contributed by atoms with E-state index < -0.39 is 16.3 Å². The molecule has 2 aromatic carbocycles. The van der Waals surface area contributed by atoms with E-state index in [0.29, 0.717) is 12.2 Å². The second-order valence-corrected chi connectivity index (χ2v) is 14.7. The number of nitrogens with one attached hydrogen (secondary N) is 1. The lowest BCUT2D eigenvalue weighted by molar-refractivity contribution is -0.135. The first-order valence-electron chi connectivity index (χ1n) is 15.8. The molecule has 2 bridgehead atoms.